The Labute approximate surface area is 123 Å². The first kappa shape index (κ1) is 17.9. The highest BCUT2D eigenvalue weighted by Gasteiger charge is 2.33. The van der Waals surface area contributed by atoms with Crippen LogP contribution in [0.1, 0.15) is 64.7 Å². The molecule has 0 aromatic carbocycles. The number of unbranched alkanes of at least 4 members (excludes halogenated alkanes) is 5. The molecule has 0 spiro atoms. The maximum atomic E-state index is 9.88. The molecule has 20 heavy (non-hydrogen) atoms. The number of aliphatic hydroxyl groups is 2. The molecule has 0 aromatic rings. The Kier molecular flexibility index (Phi) is 9.44. The van der Waals surface area contributed by atoms with Crippen LogP contribution in [0.4, 0.5) is 0 Å². The number of nitrogens with one attached hydrogen (secondary N) is 1. The third-order valence-electron chi connectivity index (χ3n) is 4.07. The molecule has 4 nitrogen and oxygen atoms in total. The molecule has 3 N–H and O–H groups in total. The summed E-state index contributed by atoms with van der Waals surface area (Å²) < 4.78 is 5.47. The molecule has 0 saturated heterocycles. The van der Waals surface area contributed by atoms with Gasteiger partial charge in [-0.3, -0.25) is 0 Å². The zero-order chi connectivity index (χ0) is 14.7. The van der Waals surface area contributed by atoms with Gasteiger partial charge in [-0.25, -0.2) is 0 Å². The van der Waals surface area contributed by atoms with E-state index in [1.807, 2.05) is 0 Å². The predicted octanol–water partition coefficient (Wildman–Crippen LogP) is 2.23. The molecule has 120 valence electrons. The Morgan fingerprint density at radius 1 is 1.15 bits per heavy atom. The van der Waals surface area contributed by atoms with Crippen molar-refractivity contribution in [3.63, 3.8) is 0 Å². The van der Waals surface area contributed by atoms with Crippen molar-refractivity contribution < 1.29 is 14.9 Å². The van der Waals surface area contributed by atoms with E-state index in [-0.39, 0.29) is 0 Å². The molecular formula is C16H33NO3. The number of rotatable bonds is 13. The van der Waals surface area contributed by atoms with E-state index in [9.17, 15) is 10.2 Å². The zero-order valence-corrected chi connectivity index (χ0v) is 13.1. The highest BCUT2D eigenvalue weighted by atomic mass is 16.5. The van der Waals surface area contributed by atoms with Crippen molar-refractivity contribution in [2.45, 2.75) is 76.4 Å². The molecule has 1 unspecified atom stereocenters. The van der Waals surface area contributed by atoms with E-state index in [2.05, 4.69) is 12.2 Å². The Morgan fingerprint density at radius 3 is 2.50 bits per heavy atom. The summed E-state index contributed by atoms with van der Waals surface area (Å²) in [5, 5.41) is 22.7. The monoisotopic (exact) mass is 287 g/mol. The summed E-state index contributed by atoms with van der Waals surface area (Å²) >= 11 is 0. The van der Waals surface area contributed by atoms with Crippen LogP contribution < -0.4 is 5.32 Å². The third-order valence-corrected chi connectivity index (χ3v) is 4.07. The summed E-state index contributed by atoms with van der Waals surface area (Å²) in [6.07, 6.45) is 9.94. The topological polar surface area (TPSA) is 61.7 Å². The van der Waals surface area contributed by atoms with Crippen LogP contribution >= 0.6 is 0 Å². The Bertz CT molecular complexity index is 232. The van der Waals surface area contributed by atoms with Gasteiger partial charge in [0.2, 0.25) is 0 Å². The Morgan fingerprint density at radius 2 is 1.85 bits per heavy atom. The van der Waals surface area contributed by atoms with Crippen LogP contribution in [0.25, 0.3) is 0 Å². The van der Waals surface area contributed by atoms with E-state index in [1.165, 1.54) is 32.1 Å². The van der Waals surface area contributed by atoms with Gasteiger partial charge in [0.1, 0.15) is 0 Å². The van der Waals surface area contributed by atoms with E-state index in [1.54, 1.807) is 0 Å². The van der Waals surface area contributed by atoms with E-state index in [4.69, 9.17) is 4.74 Å². The van der Waals surface area contributed by atoms with Gasteiger partial charge in [0.25, 0.3) is 0 Å². The second-order valence-corrected chi connectivity index (χ2v) is 6.21. The van der Waals surface area contributed by atoms with Crippen molar-refractivity contribution in [3.05, 3.63) is 0 Å². The van der Waals surface area contributed by atoms with Crippen molar-refractivity contribution in [2.75, 3.05) is 26.3 Å². The summed E-state index contributed by atoms with van der Waals surface area (Å²) in [5.41, 5.74) is -0.515. The molecule has 1 aliphatic carbocycles. The molecular weight excluding hydrogens is 254 g/mol. The number of aliphatic hydroxyl groups excluding tert-OH is 1. The highest BCUT2D eigenvalue weighted by molar-refractivity contribution is 4.89. The van der Waals surface area contributed by atoms with Crippen molar-refractivity contribution in [1.82, 2.24) is 5.32 Å². The number of hydrogen-bond acceptors (Lipinski definition) is 4. The van der Waals surface area contributed by atoms with Crippen LogP contribution in [0.5, 0.6) is 0 Å². The molecule has 1 rings (SSSR count). The minimum Gasteiger partial charge on any atom is -0.389 e. The van der Waals surface area contributed by atoms with Gasteiger partial charge >= 0.3 is 0 Å². The van der Waals surface area contributed by atoms with Crippen LogP contribution in [0.3, 0.4) is 0 Å². The summed E-state index contributed by atoms with van der Waals surface area (Å²) in [7, 11) is 0. The second kappa shape index (κ2) is 10.6. The van der Waals surface area contributed by atoms with Crippen LogP contribution in [-0.2, 0) is 4.74 Å². The molecule has 0 heterocycles. The van der Waals surface area contributed by atoms with Crippen molar-refractivity contribution in [3.8, 4) is 0 Å². The first-order valence-corrected chi connectivity index (χ1v) is 8.35. The third kappa shape index (κ3) is 8.20. The lowest BCUT2D eigenvalue weighted by atomic mass is 9.80. The average molecular weight is 287 g/mol. The van der Waals surface area contributed by atoms with E-state index >= 15 is 0 Å². The first-order chi connectivity index (χ1) is 9.66. The molecule has 4 heteroatoms. The number of ether oxygens (including phenoxy) is 1. The maximum absolute atomic E-state index is 9.88. The summed E-state index contributed by atoms with van der Waals surface area (Å²) in [6, 6.07) is 0. The van der Waals surface area contributed by atoms with Gasteiger partial charge in [0, 0.05) is 19.7 Å². The van der Waals surface area contributed by atoms with E-state index < -0.39 is 11.7 Å². The molecule has 0 radical (unpaired) electrons. The van der Waals surface area contributed by atoms with Gasteiger partial charge in [0.15, 0.2) is 0 Å². The van der Waals surface area contributed by atoms with Crippen LogP contribution in [0.2, 0.25) is 0 Å². The standard InChI is InChI=1S/C16H33NO3/c1-2-3-4-5-6-7-11-20-13-15(18)12-17-14-16(19)9-8-10-16/h15,17-19H,2-14H2,1H3. The molecule has 1 atom stereocenters. The fraction of sp³-hybridized carbons (Fsp3) is 1.00. The lowest BCUT2D eigenvalue weighted by molar-refractivity contribution is -0.0349. The van der Waals surface area contributed by atoms with Crippen molar-refractivity contribution >= 4 is 0 Å². The first-order valence-electron chi connectivity index (χ1n) is 8.35. The summed E-state index contributed by atoms with van der Waals surface area (Å²) in [4.78, 5) is 0. The quantitative estimate of drug-likeness (QED) is 0.455. The second-order valence-electron chi connectivity index (χ2n) is 6.21. The molecule has 1 fully saturated rings. The molecule has 0 aromatic heterocycles. The van der Waals surface area contributed by atoms with Gasteiger partial charge in [0.05, 0.1) is 18.3 Å². The SMILES string of the molecule is CCCCCCCCOCC(O)CNCC1(O)CCC1. The minimum absolute atomic E-state index is 0.389. The molecule has 0 aliphatic heterocycles. The van der Waals surface area contributed by atoms with Gasteiger partial charge < -0.3 is 20.3 Å². The predicted molar refractivity (Wildman–Crippen MR) is 81.9 cm³/mol. The fourth-order valence-corrected chi connectivity index (χ4v) is 2.50. The largest absolute Gasteiger partial charge is 0.389 e. The van der Waals surface area contributed by atoms with Crippen molar-refractivity contribution in [2.24, 2.45) is 0 Å². The van der Waals surface area contributed by atoms with Gasteiger partial charge in [-0.05, 0) is 25.7 Å². The van der Waals surface area contributed by atoms with E-state index in [0.29, 0.717) is 19.7 Å². The summed E-state index contributed by atoms with van der Waals surface area (Å²) in [5.74, 6) is 0. The number of hydrogen-bond donors (Lipinski definition) is 3. The van der Waals surface area contributed by atoms with Gasteiger partial charge in [-0.15, -0.1) is 0 Å². The van der Waals surface area contributed by atoms with Gasteiger partial charge in [-0.1, -0.05) is 39.0 Å². The van der Waals surface area contributed by atoms with Crippen LogP contribution in [0.15, 0.2) is 0 Å². The average Bonchev–Trinajstić information content (AvgIpc) is 2.40. The van der Waals surface area contributed by atoms with Crippen LogP contribution in [0, 0.1) is 0 Å². The lowest BCUT2D eigenvalue weighted by Gasteiger charge is -2.36. The lowest BCUT2D eigenvalue weighted by Crippen LogP contribution is -2.48. The fourth-order valence-electron chi connectivity index (χ4n) is 2.50. The highest BCUT2D eigenvalue weighted by Crippen LogP contribution is 2.30. The summed E-state index contributed by atoms with van der Waals surface area (Å²) in [6.45, 7) is 4.44. The van der Waals surface area contributed by atoms with Crippen LogP contribution in [-0.4, -0.2) is 48.2 Å². The normalized spacial score (nSPS) is 18.8. The van der Waals surface area contributed by atoms with E-state index in [0.717, 1.165) is 32.3 Å². The van der Waals surface area contributed by atoms with Gasteiger partial charge in [-0.2, -0.15) is 0 Å². The Balaban J connectivity index is 1.81. The maximum Gasteiger partial charge on any atom is 0.0897 e. The Hall–Kier alpha value is -0.160. The smallest absolute Gasteiger partial charge is 0.0897 e. The van der Waals surface area contributed by atoms with Crippen molar-refractivity contribution in [1.29, 1.82) is 0 Å². The zero-order valence-electron chi connectivity index (χ0n) is 13.1. The minimum atomic E-state index is -0.515. The molecule has 0 bridgehead atoms. The molecule has 1 saturated carbocycles. The molecule has 0 amide bonds. The molecule has 1 aliphatic rings.